The second-order valence-electron chi connectivity index (χ2n) is 5.44. The van der Waals surface area contributed by atoms with Gasteiger partial charge in [-0.3, -0.25) is 9.78 Å². The number of aryl methyl sites for hydroxylation is 1. The molecular weight excluding hydrogens is 352 g/mol. The number of hydrogen-bond acceptors (Lipinski definition) is 7. The highest BCUT2D eigenvalue weighted by molar-refractivity contribution is 7.09. The second kappa shape index (κ2) is 8.30. The molecular formula is C18H16N4O3S. The Labute approximate surface area is 154 Å². The lowest BCUT2D eigenvalue weighted by atomic mass is 10.2. The van der Waals surface area contributed by atoms with Gasteiger partial charge in [0.05, 0.1) is 18.3 Å². The van der Waals surface area contributed by atoms with Crippen molar-refractivity contribution in [1.82, 2.24) is 15.0 Å². The Morgan fingerprint density at radius 1 is 1.23 bits per heavy atom. The first-order valence-electron chi connectivity index (χ1n) is 7.83. The van der Waals surface area contributed by atoms with Crippen molar-refractivity contribution in [3.8, 4) is 0 Å². The van der Waals surface area contributed by atoms with Crippen LogP contribution in [0.2, 0.25) is 0 Å². The van der Waals surface area contributed by atoms with E-state index in [2.05, 4.69) is 20.3 Å². The van der Waals surface area contributed by atoms with E-state index in [1.165, 1.54) is 29.9 Å². The zero-order valence-electron chi connectivity index (χ0n) is 14.0. The van der Waals surface area contributed by atoms with Crippen molar-refractivity contribution < 1.29 is 14.3 Å². The molecule has 7 nitrogen and oxygen atoms in total. The molecule has 0 aliphatic rings. The normalized spacial score (nSPS) is 10.3. The van der Waals surface area contributed by atoms with Gasteiger partial charge in [-0.2, -0.15) is 0 Å². The van der Waals surface area contributed by atoms with Crippen molar-refractivity contribution in [2.24, 2.45) is 0 Å². The molecule has 0 unspecified atom stereocenters. The SMILES string of the molecule is Cc1ccccc1NC(=O)Cc1nc(COC(=O)c2cnccn2)cs1. The van der Waals surface area contributed by atoms with E-state index in [1.54, 1.807) is 5.38 Å². The van der Waals surface area contributed by atoms with Crippen LogP contribution in [0.25, 0.3) is 0 Å². The Bertz CT molecular complexity index is 912. The van der Waals surface area contributed by atoms with Crippen molar-refractivity contribution >= 4 is 28.9 Å². The van der Waals surface area contributed by atoms with Crippen LogP contribution in [-0.4, -0.2) is 26.8 Å². The van der Waals surface area contributed by atoms with Crippen LogP contribution < -0.4 is 5.32 Å². The Kier molecular flexibility index (Phi) is 5.65. The molecule has 8 heteroatoms. The predicted molar refractivity (Wildman–Crippen MR) is 96.8 cm³/mol. The smallest absolute Gasteiger partial charge is 0.358 e. The molecule has 0 spiro atoms. The Hall–Kier alpha value is -3.13. The van der Waals surface area contributed by atoms with E-state index in [0.717, 1.165) is 11.3 Å². The third-order valence-corrected chi connectivity index (χ3v) is 4.35. The van der Waals surface area contributed by atoms with E-state index >= 15 is 0 Å². The van der Waals surface area contributed by atoms with Gasteiger partial charge in [-0.15, -0.1) is 11.3 Å². The monoisotopic (exact) mass is 368 g/mol. The van der Waals surface area contributed by atoms with Crippen molar-refractivity contribution in [3.63, 3.8) is 0 Å². The highest BCUT2D eigenvalue weighted by atomic mass is 32.1. The number of hydrogen-bond donors (Lipinski definition) is 1. The number of benzene rings is 1. The van der Waals surface area contributed by atoms with Crippen LogP contribution in [0, 0.1) is 6.92 Å². The number of amides is 1. The first-order chi connectivity index (χ1) is 12.6. The molecule has 0 saturated heterocycles. The quantitative estimate of drug-likeness (QED) is 0.673. The van der Waals surface area contributed by atoms with Crippen molar-refractivity contribution in [3.05, 3.63) is 70.2 Å². The van der Waals surface area contributed by atoms with Crippen molar-refractivity contribution in [1.29, 1.82) is 0 Å². The molecule has 1 aromatic carbocycles. The zero-order valence-corrected chi connectivity index (χ0v) is 14.8. The van der Waals surface area contributed by atoms with E-state index < -0.39 is 5.97 Å². The van der Waals surface area contributed by atoms with Gasteiger partial charge in [-0.25, -0.2) is 14.8 Å². The second-order valence-corrected chi connectivity index (χ2v) is 6.38. The minimum Gasteiger partial charge on any atom is -0.454 e. The van der Waals surface area contributed by atoms with Gasteiger partial charge in [0.25, 0.3) is 0 Å². The fourth-order valence-corrected chi connectivity index (χ4v) is 2.94. The lowest BCUT2D eigenvalue weighted by Gasteiger charge is -2.06. The number of rotatable bonds is 6. The summed E-state index contributed by atoms with van der Waals surface area (Å²) >= 11 is 1.35. The molecule has 1 amide bonds. The minimum atomic E-state index is -0.565. The summed E-state index contributed by atoms with van der Waals surface area (Å²) in [5, 5.41) is 5.29. The third kappa shape index (κ3) is 4.70. The molecule has 0 fully saturated rings. The fourth-order valence-electron chi connectivity index (χ4n) is 2.16. The highest BCUT2D eigenvalue weighted by Crippen LogP contribution is 2.16. The molecule has 0 atom stereocenters. The van der Waals surface area contributed by atoms with Gasteiger partial charge in [0.2, 0.25) is 5.91 Å². The van der Waals surface area contributed by atoms with E-state index in [9.17, 15) is 9.59 Å². The van der Waals surface area contributed by atoms with Gasteiger partial charge in [-0.05, 0) is 18.6 Å². The van der Waals surface area contributed by atoms with Gasteiger partial charge in [0, 0.05) is 23.5 Å². The van der Waals surface area contributed by atoms with Crippen LogP contribution in [0.5, 0.6) is 0 Å². The van der Waals surface area contributed by atoms with Gasteiger partial charge >= 0.3 is 5.97 Å². The average molecular weight is 368 g/mol. The van der Waals surface area contributed by atoms with Crippen LogP contribution in [0.3, 0.4) is 0 Å². The average Bonchev–Trinajstić information content (AvgIpc) is 3.09. The topological polar surface area (TPSA) is 94.1 Å². The summed E-state index contributed by atoms with van der Waals surface area (Å²) in [5.74, 6) is -0.707. The van der Waals surface area contributed by atoms with E-state index in [-0.39, 0.29) is 24.6 Å². The number of anilines is 1. The molecule has 3 aromatic rings. The summed E-state index contributed by atoms with van der Waals surface area (Å²) in [7, 11) is 0. The molecule has 0 aliphatic carbocycles. The van der Waals surface area contributed by atoms with Gasteiger partial charge in [0.15, 0.2) is 5.69 Å². The van der Waals surface area contributed by atoms with Crippen LogP contribution in [0.15, 0.2) is 48.2 Å². The molecule has 0 bridgehead atoms. The first kappa shape index (κ1) is 17.7. The van der Waals surface area contributed by atoms with Crippen LogP contribution in [0.1, 0.15) is 26.8 Å². The number of ether oxygens (including phenoxy) is 1. The van der Waals surface area contributed by atoms with E-state index in [0.29, 0.717) is 10.7 Å². The molecule has 26 heavy (non-hydrogen) atoms. The number of aromatic nitrogens is 3. The van der Waals surface area contributed by atoms with Gasteiger partial charge in [0.1, 0.15) is 11.6 Å². The first-order valence-corrected chi connectivity index (χ1v) is 8.71. The number of para-hydroxylation sites is 1. The number of nitrogens with zero attached hydrogens (tertiary/aromatic N) is 3. The lowest BCUT2D eigenvalue weighted by Crippen LogP contribution is -2.15. The van der Waals surface area contributed by atoms with Crippen LogP contribution in [0.4, 0.5) is 5.69 Å². The van der Waals surface area contributed by atoms with Crippen LogP contribution >= 0.6 is 11.3 Å². The Balaban J connectivity index is 1.52. The molecule has 0 saturated carbocycles. The number of carbonyl (C=O) groups is 2. The maximum absolute atomic E-state index is 12.1. The largest absolute Gasteiger partial charge is 0.454 e. The summed E-state index contributed by atoms with van der Waals surface area (Å²) < 4.78 is 5.15. The number of carbonyl (C=O) groups excluding carboxylic acids is 2. The molecule has 2 heterocycles. The number of esters is 1. The number of nitrogens with one attached hydrogen (secondary N) is 1. The molecule has 0 radical (unpaired) electrons. The maximum Gasteiger partial charge on any atom is 0.358 e. The molecule has 1 N–H and O–H groups in total. The standard InChI is InChI=1S/C18H16N4O3S/c1-12-4-2-3-5-14(12)22-16(23)8-17-21-13(11-26-17)10-25-18(24)15-9-19-6-7-20-15/h2-7,9,11H,8,10H2,1H3,(H,22,23). The molecule has 2 aromatic heterocycles. The Morgan fingerprint density at radius 3 is 2.85 bits per heavy atom. The summed E-state index contributed by atoms with van der Waals surface area (Å²) in [6, 6.07) is 7.57. The summed E-state index contributed by atoms with van der Waals surface area (Å²) in [6.45, 7) is 1.95. The maximum atomic E-state index is 12.1. The fraction of sp³-hybridized carbons (Fsp3) is 0.167. The predicted octanol–water partition coefficient (Wildman–Crippen LogP) is 2.78. The Morgan fingerprint density at radius 2 is 2.08 bits per heavy atom. The minimum absolute atomic E-state index is 0.0192. The third-order valence-electron chi connectivity index (χ3n) is 3.45. The molecule has 3 rings (SSSR count). The van der Waals surface area contributed by atoms with E-state index in [1.807, 2.05) is 31.2 Å². The summed E-state index contributed by atoms with van der Waals surface area (Å²) in [4.78, 5) is 36.0. The molecule has 132 valence electrons. The lowest BCUT2D eigenvalue weighted by molar-refractivity contribution is -0.115. The highest BCUT2D eigenvalue weighted by Gasteiger charge is 2.12. The summed E-state index contributed by atoms with van der Waals surface area (Å²) in [6.07, 6.45) is 4.40. The van der Waals surface area contributed by atoms with Crippen molar-refractivity contribution in [2.75, 3.05) is 5.32 Å². The summed E-state index contributed by atoms with van der Waals surface area (Å²) in [5.41, 5.74) is 2.51. The van der Waals surface area contributed by atoms with Gasteiger partial charge in [-0.1, -0.05) is 18.2 Å². The van der Waals surface area contributed by atoms with E-state index in [4.69, 9.17) is 4.74 Å². The number of thiazole rings is 1. The zero-order chi connectivity index (χ0) is 18.4. The van der Waals surface area contributed by atoms with Crippen LogP contribution in [-0.2, 0) is 22.6 Å². The van der Waals surface area contributed by atoms with Crippen molar-refractivity contribution in [2.45, 2.75) is 20.0 Å². The molecule has 0 aliphatic heterocycles. The van der Waals surface area contributed by atoms with Gasteiger partial charge < -0.3 is 10.1 Å².